The molecule has 1 heterocycles. The second-order valence-corrected chi connectivity index (χ2v) is 6.22. The van der Waals surface area contributed by atoms with Gasteiger partial charge in [-0.3, -0.25) is 14.6 Å². The topological polar surface area (TPSA) is 75.2 Å². The Morgan fingerprint density at radius 3 is 2.35 bits per heavy atom. The normalized spacial score (nSPS) is 10.6. The van der Waals surface area contributed by atoms with Crippen LogP contribution in [0, 0.1) is 13.8 Å². The largest absolute Gasteiger partial charge is 0.331 e. The number of aryl methyl sites for hydroxylation is 2. The number of anilines is 1. The monoisotopic (exact) mass is 348 g/mol. The first-order chi connectivity index (χ1) is 12.5. The number of fused-ring (bicyclic) bond motifs is 1. The molecule has 0 aliphatic carbocycles. The van der Waals surface area contributed by atoms with Crippen molar-refractivity contribution in [1.29, 1.82) is 0 Å². The third-order valence-corrected chi connectivity index (χ3v) is 4.14. The number of nitrogens with zero attached hydrogens (tertiary/aromatic N) is 3. The van der Waals surface area contributed by atoms with E-state index in [0.29, 0.717) is 5.52 Å². The number of aromatic nitrogens is 2. The van der Waals surface area contributed by atoms with Gasteiger partial charge in [-0.1, -0.05) is 30.3 Å². The van der Waals surface area contributed by atoms with Crippen molar-refractivity contribution in [2.24, 2.45) is 0 Å². The fourth-order valence-electron chi connectivity index (χ4n) is 2.73. The molecule has 1 N–H and O–H groups in total. The van der Waals surface area contributed by atoms with Gasteiger partial charge >= 0.3 is 0 Å². The predicted molar refractivity (Wildman–Crippen MR) is 101 cm³/mol. The van der Waals surface area contributed by atoms with E-state index in [2.05, 4.69) is 15.3 Å². The van der Waals surface area contributed by atoms with Crippen LogP contribution in [0.25, 0.3) is 11.0 Å². The number of hydrogen-bond donors (Lipinski definition) is 1. The van der Waals surface area contributed by atoms with Crippen molar-refractivity contribution in [3.63, 3.8) is 0 Å². The molecular weight excluding hydrogens is 328 g/mol. The van der Waals surface area contributed by atoms with Crippen LogP contribution in [0.4, 0.5) is 5.69 Å². The number of amides is 2. The van der Waals surface area contributed by atoms with Crippen molar-refractivity contribution in [1.82, 2.24) is 14.9 Å². The van der Waals surface area contributed by atoms with E-state index in [1.165, 1.54) is 11.1 Å². The van der Waals surface area contributed by atoms with E-state index >= 15 is 0 Å². The van der Waals surface area contributed by atoms with Gasteiger partial charge in [0.15, 0.2) is 0 Å². The number of likely N-dealkylation sites (N-methyl/N-ethyl adjacent to an activating group) is 1. The molecule has 0 unspecified atom stereocenters. The molecule has 132 valence electrons. The number of hydrogen-bond acceptors (Lipinski definition) is 4. The molecule has 0 saturated carbocycles. The van der Waals surface area contributed by atoms with Crippen molar-refractivity contribution >= 4 is 28.5 Å². The van der Waals surface area contributed by atoms with Crippen LogP contribution in [0.2, 0.25) is 0 Å². The van der Waals surface area contributed by atoms with E-state index in [1.807, 2.05) is 50.2 Å². The average Bonchev–Trinajstić information content (AvgIpc) is 2.63. The van der Waals surface area contributed by atoms with E-state index in [1.54, 1.807) is 13.1 Å². The highest BCUT2D eigenvalue weighted by Gasteiger charge is 2.18. The number of carbonyl (C=O) groups is 2. The van der Waals surface area contributed by atoms with E-state index in [4.69, 9.17) is 0 Å². The number of nitrogens with one attached hydrogen (secondary N) is 1. The van der Waals surface area contributed by atoms with Gasteiger partial charge in [0.1, 0.15) is 5.69 Å². The van der Waals surface area contributed by atoms with Gasteiger partial charge in [-0.05, 0) is 37.1 Å². The molecule has 2 amide bonds. The fraction of sp³-hybridized carbons (Fsp3) is 0.200. The maximum Gasteiger partial charge on any atom is 0.274 e. The molecule has 0 atom stereocenters. The first-order valence-electron chi connectivity index (χ1n) is 8.29. The summed E-state index contributed by atoms with van der Waals surface area (Å²) < 4.78 is 0. The molecule has 0 saturated heterocycles. The molecule has 26 heavy (non-hydrogen) atoms. The molecule has 1 aromatic heterocycles. The first-order valence-corrected chi connectivity index (χ1v) is 8.29. The Morgan fingerprint density at radius 2 is 1.65 bits per heavy atom. The number of para-hydroxylation sites is 3. The summed E-state index contributed by atoms with van der Waals surface area (Å²) in [6.07, 6.45) is 1.44. The molecule has 3 aromatic rings. The zero-order valence-electron chi connectivity index (χ0n) is 15.0. The molecule has 3 rings (SSSR count). The number of carbonyl (C=O) groups excluding carboxylic acids is 2. The zero-order valence-corrected chi connectivity index (χ0v) is 15.0. The molecule has 6 nitrogen and oxygen atoms in total. The van der Waals surface area contributed by atoms with Crippen molar-refractivity contribution < 1.29 is 9.59 Å². The van der Waals surface area contributed by atoms with Crippen LogP contribution in [0.15, 0.2) is 48.7 Å². The smallest absolute Gasteiger partial charge is 0.274 e. The van der Waals surface area contributed by atoms with Gasteiger partial charge in [0.2, 0.25) is 5.91 Å². The molecular formula is C20H20N4O2. The Labute approximate surface area is 151 Å². The van der Waals surface area contributed by atoms with Crippen LogP contribution >= 0.6 is 0 Å². The molecule has 0 aliphatic heterocycles. The van der Waals surface area contributed by atoms with Crippen LogP contribution in [0.5, 0.6) is 0 Å². The van der Waals surface area contributed by atoms with E-state index in [0.717, 1.165) is 22.3 Å². The van der Waals surface area contributed by atoms with Crippen molar-refractivity contribution in [2.75, 3.05) is 18.9 Å². The van der Waals surface area contributed by atoms with Gasteiger partial charge in [-0.15, -0.1) is 0 Å². The van der Waals surface area contributed by atoms with Gasteiger partial charge in [0, 0.05) is 12.7 Å². The summed E-state index contributed by atoms with van der Waals surface area (Å²) in [7, 11) is 1.57. The molecule has 0 aliphatic rings. The van der Waals surface area contributed by atoms with Crippen molar-refractivity contribution in [2.45, 2.75) is 13.8 Å². The van der Waals surface area contributed by atoms with Gasteiger partial charge in [-0.25, -0.2) is 4.98 Å². The maximum absolute atomic E-state index is 12.6. The lowest BCUT2D eigenvalue weighted by Gasteiger charge is -2.17. The van der Waals surface area contributed by atoms with Crippen LogP contribution < -0.4 is 5.32 Å². The Kier molecular flexibility index (Phi) is 4.93. The molecule has 0 fully saturated rings. The minimum absolute atomic E-state index is 0.0683. The minimum atomic E-state index is -0.347. The summed E-state index contributed by atoms with van der Waals surface area (Å²) in [6, 6.07) is 13.1. The summed E-state index contributed by atoms with van der Waals surface area (Å²) in [4.78, 5) is 34.8. The minimum Gasteiger partial charge on any atom is -0.331 e. The molecule has 0 spiro atoms. The average molecular weight is 348 g/mol. The third-order valence-electron chi connectivity index (χ3n) is 4.14. The summed E-state index contributed by atoms with van der Waals surface area (Å²) in [5, 5.41) is 2.88. The van der Waals surface area contributed by atoms with Crippen LogP contribution in [0.1, 0.15) is 21.6 Å². The second kappa shape index (κ2) is 7.31. The van der Waals surface area contributed by atoms with Gasteiger partial charge < -0.3 is 10.2 Å². The van der Waals surface area contributed by atoms with Crippen LogP contribution in [0.3, 0.4) is 0 Å². The molecule has 0 bridgehead atoms. The summed E-state index contributed by atoms with van der Waals surface area (Å²) in [5.41, 5.74) is 4.32. The van der Waals surface area contributed by atoms with Gasteiger partial charge in [0.05, 0.1) is 23.8 Å². The lowest BCUT2D eigenvalue weighted by atomic mass is 10.1. The quantitative estimate of drug-likeness (QED) is 0.786. The Morgan fingerprint density at radius 1 is 1.00 bits per heavy atom. The van der Waals surface area contributed by atoms with Crippen LogP contribution in [-0.2, 0) is 4.79 Å². The lowest BCUT2D eigenvalue weighted by Crippen LogP contribution is -2.35. The standard InChI is InChI=1S/C20H20N4O2/c1-13-7-6-8-14(2)19(13)23-18(25)12-24(3)20(26)17-11-21-15-9-4-5-10-16(15)22-17/h4-11H,12H2,1-3H3,(H,23,25). The number of rotatable bonds is 4. The third kappa shape index (κ3) is 3.69. The Balaban J connectivity index is 1.71. The van der Waals surface area contributed by atoms with Crippen molar-refractivity contribution in [3.05, 3.63) is 65.5 Å². The molecule has 2 aromatic carbocycles. The van der Waals surface area contributed by atoms with Crippen molar-refractivity contribution in [3.8, 4) is 0 Å². The summed E-state index contributed by atoms with van der Waals surface area (Å²) >= 11 is 0. The fourth-order valence-corrected chi connectivity index (χ4v) is 2.73. The highest BCUT2D eigenvalue weighted by molar-refractivity contribution is 5.99. The maximum atomic E-state index is 12.6. The lowest BCUT2D eigenvalue weighted by molar-refractivity contribution is -0.116. The first kappa shape index (κ1) is 17.5. The van der Waals surface area contributed by atoms with Crippen LogP contribution in [-0.4, -0.2) is 40.3 Å². The number of benzene rings is 2. The van der Waals surface area contributed by atoms with E-state index in [-0.39, 0.29) is 24.1 Å². The predicted octanol–water partition coefficient (Wildman–Crippen LogP) is 2.96. The SMILES string of the molecule is Cc1cccc(C)c1NC(=O)CN(C)C(=O)c1cnc2ccccc2n1. The zero-order chi connectivity index (χ0) is 18.7. The van der Waals surface area contributed by atoms with E-state index < -0.39 is 0 Å². The molecule has 0 radical (unpaired) electrons. The van der Waals surface area contributed by atoms with Gasteiger partial charge in [-0.2, -0.15) is 0 Å². The highest BCUT2D eigenvalue weighted by Crippen LogP contribution is 2.19. The Bertz CT molecular complexity index is 964. The highest BCUT2D eigenvalue weighted by atomic mass is 16.2. The second-order valence-electron chi connectivity index (χ2n) is 6.22. The Hall–Kier alpha value is -3.28. The molecule has 6 heteroatoms. The summed E-state index contributed by atoms with van der Waals surface area (Å²) in [5.74, 6) is -0.605. The van der Waals surface area contributed by atoms with Gasteiger partial charge in [0.25, 0.3) is 5.91 Å². The van der Waals surface area contributed by atoms with E-state index in [9.17, 15) is 9.59 Å². The summed E-state index contributed by atoms with van der Waals surface area (Å²) in [6.45, 7) is 3.80.